The van der Waals surface area contributed by atoms with E-state index in [4.69, 9.17) is 0 Å². The van der Waals surface area contributed by atoms with Crippen LogP contribution in [0.4, 0.5) is 5.69 Å². The molecular weight excluding hydrogens is 348 g/mol. The summed E-state index contributed by atoms with van der Waals surface area (Å²) in [5.74, 6) is -0.144. The van der Waals surface area contributed by atoms with Crippen LogP contribution in [-0.2, 0) is 26.9 Å². The number of aromatic nitrogens is 1. The lowest BCUT2D eigenvalue weighted by Crippen LogP contribution is -2.13. The zero-order valence-corrected chi connectivity index (χ0v) is 14.4. The highest BCUT2D eigenvalue weighted by Crippen LogP contribution is 2.27. The molecule has 8 heteroatoms. The summed E-state index contributed by atoms with van der Waals surface area (Å²) < 4.78 is 49.0. The second-order valence-corrected chi connectivity index (χ2v) is 7.98. The molecule has 24 heavy (non-hydrogen) atoms. The lowest BCUT2D eigenvalue weighted by atomic mass is 10.2. The second-order valence-electron chi connectivity index (χ2n) is 5.40. The highest BCUT2D eigenvalue weighted by molar-refractivity contribution is 7.92. The summed E-state index contributed by atoms with van der Waals surface area (Å²) in [7, 11) is -3.76. The van der Waals surface area contributed by atoms with Gasteiger partial charge in [-0.25, -0.2) is 8.42 Å². The first-order valence-corrected chi connectivity index (χ1v) is 9.84. The van der Waals surface area contributed by atoms with Crippen molar-refractivity contribution in [1.29, 1.82) is 0 Å². The molecule has 1 unspecified atom stereocenters. The first-order chi connectivity index (χ1) is 11.4. The van der Waals surface area contributed by atoms with E-state index >= 15 is 0 Å². The van der Waals surface area contributed by atoms with Gasteiger partial charge in [0.05, 0.1) is 16.1 Å². The largest absolute Gasteiger partial charge is 0.772 e. The molecule has 1 heterocycles. The number of hydrogen-bond donors (Lipinski definition) is 2. The topological polar surface area (TPSA) is 102 Å². The van der Waals surface area contributed by atoms with E-state index in [2.05, 4.69) is 9.71 Å². The van der Waals surface area contributed by atoms with Crippen LogP contribution in [0.25, 0.3) is 10.9 Å². The number of anilines is 1. The third kappa shape index (κ3) is 3.35. The normalized spacial score (nSPS) is 13.1. The molecule has 0 spiro atoms. The standard InChI is InChI=1S/C16H16N2O4S2/c1-11-9-17-16-14(11)3-2-4-15(16)18-24(21,22)13-7-5-12(6-8-13)10-23(19)20/h2-9,17-18H,10H2,1H3,(H,19,20)/p-1. The van der Waals surface area contributed by atoms with E-state index in [0.29, 0.717) is 11.3 Å². The van der Waals surface area contributed by atoms with E-state index in [-0.39, 0.29) is 10.6 Å². The van der Waals surface area contributed by atoms with Crippen molar-refractivity contribution in [3.8, 4) is 0 Å². The molecule has 0 bridgehead atoms. The molecule has 3 aromatic rings. The van der Waals surface area contributed by atoms with Crippen molar-refractivity contribution in [2.45, 2.75) is 17.6 Å². The van der Waals surface area contributed by atoms with Gasteiger partial charge in [-0.2, -0.15) is 0 Å². The van der Waals surface area contributed by atoms with Crippen molar-refractivity contribution in [2.75, 3.05) is 4.72 Å². The molecule has 0 aliphatic heterocycles. The molecule has 0 aliphatic rings. The molecule has 0 radical (unpaired) electrons. The molecule has 2 aromatic carbocycles. The van der Waals surface area contributed by atoms with Crippen LogP contribution < -0.4 is 4.72 Å². The molecular formula is C16H15N2O4S2-. The maximum atomic E-state index is 12.5. The molecule has 6 nitrogen and oxygen atoms in total. The van der Waals surface area contributed by atoms with Crippen LogP contribution in [0.15, 0.2) is 53.6 Å². The zero-order chi connectivity index (χ0) is 17.3. The van der Waals surface area contributed by atoms with Gasteiger partial charge in [0, 0.05) is 17.3 Å². The van der Waals surface area contributed by atoms with Crippen molar-refractivity contribution >= 4 is 37.7 Å². The predicted octanol–water partition coefficient (Wildman–Crippen LogP) is 2.66. The Labute approximate surface area is 142 Å². The fraction of sp³-hybridized carbons (Fsp3) is 0.125. The summed E-state index contributed by atoms with van der Waals surface area (Å²) in [5.41, 5.74) is 2.74. The minimum atomic E-state index is -3.76. The monoisotopic (exact) mass is 363 g/mol. The third-order valence-electron chi connectivity index (χ3n) is 3.68. The van der Waals surface area contributed by atoms with Crippen LogP contribution >= 0.6 is 0 Å². The van der Waals surface area contributed by atoms with Gasteiger partial charge in [-0.15, -0.1) is 0 Å². The Balaban J connectivity index is 1.91. The van der Waals surface area contributed by atoms with E-state index in [1.54, 1.807) is 12.1 Å². The number of para-hydroxylation sites is 1. The van der Waals surface area contributed by atoms with Gasteiger partial charge in [0.15, 0.2) is 0 Å². The number of aromatic amines is 1. The van der Waals surface area contributed by atoms with Crippen LogP contribution in [0.5, 0.6) is 0 Å². The van der Waals surface area contributed by atoms with E-state index in [0.717, 1.165) is 16.5 Å². The number of benzene rings is 2. The number of H-pyrrole nitrogens is 1. The van der Waals surface area contributed by atoms with Crippen molar-refractivity contribution in [1.82, 2.24) is 4.98 Å². The van der Waals surface area contributed by atoms with Crippen LogP contribution in [0, 0.1) is 6.92 Å². The maximum Gasteiger partial charge on any atom is 0.261 e. The molecule has 3 rings (SSSR count). The number of aryl methyl sites for hydroxylation is 1. The smallest absolute Gasteiger partial charge is 0.261 e. The molecule has 126 valence electrons. The van der Waals surface area contributed by atoms with E-state index in [1.807, 2.05) is 19.2 Å². The van der Waals surface area contributed by atoms with Crippen molar-refractivity contribution in [3.05, 3.63) is 59.8 Å². The number of hydrogen-bond acceptors (Lipinski definition) is 4. The molecule has 1 aromatic heterocycles. The summed E-state index contributed by atoms with van der Waals surface area (Å²) in [6.45, 7) is 1.94. The SMILES string of the molecule is Cc1c[nH]c2c(NS(=O)(=O)c3ccc(CS(=O)[O-])cc3)cccc12. The average Bonchev–Trinajstić information content (AvgIpc) is 2.90. The van der Waals surface area contributed by atoms with Gasteiger partial charge < -0.3 is 9.54 Å². The Bertz CT molecular complexity index is 1010. The van der Waals surface area contributed by atoms with Gasteiger partial charge in [0.2, 0.25) is 0 Å². The predicted molar refractivity (Wildman–Crippen MR) is 92.9 cm³/mol. The number of fused-ring (bicyclic) bond motifs is 1. The highest BCUT2D eigenvalue weighted by Gasteiger charge is 2.16. The minimum Gasteiger partial charge on any atom is -0.772 e. The van der Waals surface area contributed by atoms with Gasteiger partial charge in [0.1, 0.15) is 0 Å². The highest BCUT2D eigenvalue weighted by atomic mass is 32.2. The Morgan fingerprint density at radius 3 is 2.54 bits per heavy atom. The van der Waals surface area contributed by atoms with Crippen LogP contribution in [0.3, 0.4) is 0 Å². The molecule has 0 fully saturated rings. The molecule has 0 saturated carbocycles. The number of sulfonamides is 1. The molecule has 0 saturated heterocycles. The van der Waals surface area contributed by atoms with E-state index in [1.165, 1.54) is 24.3 Å². The first kappa shape index (κ1) is 16.7. The summed E-state index contributed by atoms with van der Waals surface area (Å²) >= 11 is -2.21. The van der Waals surface area contributed by atoms with Crippen LogP contribution in [0.2, 0.25) is 0 Å². The van der Waals surface area contributed by atoms with Gasteiger partial charge >= 0.3 is 0 Å². The maximum absolute atomic E-state index is 12.5. The number of rotatable bonds is 5. The number of nitrogens with one attached hydrogen (secondary N) is 2. The average molecular weight is 363 g/mol. The molecule has 2 N–H and O–H groups in total. The minimum absolute atomic E-state index is 0.0724. The van der Waals surface area contributed by atoms with Gasteiger partial charge in [-0.3, -0.25) is 8.93 Å². The van der Waals surface area contributed by atoms with Crippen molar-refractivity contribution in [2.24, 2.45) is 0 Å². The van der Waals surface area contributed by atoms with Crippen molar-refractivity contribution in [3.63, 3.8) is 0 Å². The van der Waals surface area contributed by atoms with Gasteiger partial charge in [-0.05, 0) is 36.2 Å². The molecule has 0 amide bonds. The van der Waals surface area contributed by atoms with Crippen LogP contribution in [-0.4, -0.2) is 22.2 Å². The fourth-order valence-corrected chi connectivity index (χ4v) is 4.02. The summed E-state index contributed by atoms with van der Waals surface area (Å²) in [6.07, 6.45) is 1.82. The second kappa shape index (κ2) is 6.39. The van der Waals surface area contributed by atoms with Crippen molar-refractivity contribution < 1.29 is 17.2 Å². The summed E-state index contributed by atoms with van der Waals surface area (Å²) in [5, 5.41) is 0.948. The third-order valence-corrected chi connectivity index (χ3v) is 5.64. The quantitative estimate of drug-likeness (QED) is 0.680. The Hall–Kier alpha value is -2.16. The van der Waals surface area contributed by atoms with Crippen LogP contribution in [0.1, 0.15) is 11.1 Å². The molecule has 0 aliphatic carbocycles. The fourth-order valence-electron chi connectivity index (χ4n) is 2.48. The Kier molecular flexibility index (Phi) is 4.44. The van der Waals surface area contributed by atoms with E-state index in [9.17, 15) is 17.2 Å². The first-order valence-electron chi connectivity index (χ1n) is 7.11. The van der Waals surface area contributed by atoms with E-state index < -0.39 is 21.1 Å². The zero-order valence-electron chi connectivity index (χ0n) is 12.8. The lowest BCUT2D eigenvalue weighted by Gasteiger charge is -2.10. The molecule has 1 atom stereocenters. The van der Waals surface area contributed by atoms with Gasteiger partial charge in [0.25, 0.3) is 10.0 Å². The lowest BCUT2D eigenvalue weighted by molar-refractivity contribution is 0.536. The Morgan fingerprint density at radius 2 is 1.88 bits per heavy atom. The summed E-state index contributed by atoms with van der Waals surface area (Å²) in [4.78, 5) is 3.14. The Morgan fingerprint density at radius 1 is 1.17 bits per heavy atom. The summed E-state index contributed by atoms with van der Waals surface area (Å²) in [6, 6.07) is 11.2. The van der Waals surface area contributed by atoms with Gasteiger partial charge in [-0.1, -0.05) is 35.3 Å².